The number of aliphatic imine (C=N–C) groups is 1. The molecule has 1 unspecified atom stereocenters. The average molecular weight is 293 g/mol. The minimum atomic E-state index is 0.350. The van der Waals surface area contributed by atoms with Crippen LogP contribution in [0.3, 0.4) is 0 Å². The first-order valence-corrected chi connectivity index (χ1v) is 7.96. The first kappa shape index (κ1) is 14.6. The minimum Gasteiger partial charge on any atom is -0.370 e. The van der Waals surface area contributed by atoms with Crippen molar-refractivity contribution in [2.75, 3.05) is 6.54 Å². The van der Waals surface area contributed by atoms with Crippen molar-refractivity contribution in [3.05, 3.63) is 71.8 Å². The number of hydrogen-bond donors (Lipinski definition) is 2. The van der Waals surface area contributed by atoms with Crippen molar-refractivity contribution in [3.8, 4) is 0 Å². The number of rotatable bonds is 6. The lowest BCUT2D eigenvalue weighted by Gasteiger charge is -2.16. The average Bonchev–Trinajstić information content (AvgIpc) is 3.37. The second kappa shape index (κ2) is 7.12. The molecule has 22 heavy (non-hydrogen) atoms. The second-order valence-corrected chi connectivity index (χ2v) is 5.94. The van der Waals surface area contributed by atoms with Gasteiger partial charge in [0.15, 0.2) is 5.96 Å². The summed E-state index contributed by atoms with van der Waals surface area (Å²) in [5, 5.41) is 3.25. The predicted octanol–water partition coefficient (Wildman–Crippen LogP) is 3.08. The van der Waals surface area contributed by atoms with Crippen LogP contribution in [0.15, 0.2) is 65.7 Å². The lowest BCUT2D eigenvalue weighted by atomic mass is 9.92. The zero-order valence-electron chi connectivity index (χ0n) is 12.8. The van der Waals surface area contributed by atoms with E-state index in [1.54, 1.807) is 0 Å². The van der Waals surface area contributed by atoms with Gasteiger partial charge >= 0.3 is 0 Å². The Morgan fingerprint density at radius 1 is 1.05 bits per heavy atom. The Morgan fingerprint density at radius 2 is 1.68 bits per heavy atom. The summed E-state index contributed by atoms with van der Waals surface area (Å²) in [6.07, 6.45) is 3.40. The molecule has 1 fully saturated rings. The summed E-state index contributed by atoms with van der Waals surface area (Å²) < 4.78 is 0. The highest BCUT2D eigenvalue weighted by Gasteiger charge is 2.21. The van der Waals surface area contributed by atoms with Crippen molar-refractivity contribution in [2.45, 2.75) is 31.2 Å². The summed E-state index contributed by atoms with van der Waals surface area (Å²) in [7, 11) is 0. The van der Waals surface area contributed by atoms with E-state index in [2.05, 4.69) is 71.0 Å². The molecule has 0 amide bonds. The van der Waals surface area contributed by atoms with E-state index in [0.717, 1.165) is 6.42 Å². The molecule has 1 aliphatic carbocycles. The molecular weight excluding hydrogens is 270 g/mol. The van der Waals surface area contributed by atoms with Crippen molar-refractivity contribution in [1.82, 2.24) is 5.32 Å². The number of nitrogens with zero attached hydrogens (tertiary/aromatic N) is 1. The molecule has 1 aliphatic rings. The third kappa shape index (κ3) is 4.35. The minimum absolute atomic E-state index is 0.350. The van der Waals surface area contributed by atoms with Gasteiger partial charge in [-0.05, 0) is 30.4 Å². The Morgan fingerprint density at radius 3 is 2.32 bits per heavy atom. The van der Waals surface area contributed by atoms with Crippen LogP contribution in [0.4, 0.5) is 0 Å². The first-order chi connectivity index (χ1) is 10.8. The van der Waals surface area contributed by atoms with E-state index in [0.29, 0.717) is 24.5 Å². The molecule has 0 heterocycles. The fourth-order valence-corrected chi connectivity index (χ4v) is 2.60. The van der Waals surface area contributed by atoms with Crippen LogP contribution in [-0.2, 0) is 6.42 Å². The van der Waals surface area contributed by atoms with Gasteiger partial charge in [0.25, 0.3) is 0 Å². The van der Waals surface area contributed by atoms with Crippen molar-refractivity contribution < 1.29 is 0 Å². The fourth-order valence-electron chi connectivity index (χ4n) is 2.60. The van der Waals surface area contributed by atoms with Crippen LogP contribution in [0.1, 0.15) is 29.9 Å². The van der Waals surface area contributed by atoms with Crippen LogP contribution in [0.5, 0.6) is 0 Å². The Labute approximate surface area is 132 Å². The lowest BCUT2D eigenvalue weighted by Crippen LogP contribution is -2.33. The molecule has 2 aromatic rings. The van der Waals surface area contributed by atoms with Gasteiger partial charge < -0.3 is 11.1 Å². The summed E-state index contributed by atoms with van der Waals surface area (Å²) in [4.78, 5) is 4.56. The molecule has 0 spiro atoms. The van der Waals surface area contributed by atoms with E-state index in [-0.39, 0.29) is 0 Å². The van der Waals surface area contributed by atoms with Crippen molar-refractivity contribution in [1.29, 1.82) is 0 Å². The molecule has 1 atom stereocenters. The maximum Gasteiger partial charge on any atom is 0.188 e. The predicted molar refractivity (Wildman–Crippen MR) is 92.0 cm³/mol. The van der Waals surface area contributed by atoms with Gasteiger partial charge in [-0.15, -0.1) is 0 Å². The molecule has 2 aromatic carbocycles. The van der Waals surface area contributed by atoms with Gasteiger partial charge in [-0.3, -0.25) is 4.99 Å². The third-order valence-electron chi connectivity index (χ3n) is 4.01. The van der Waals surface area contributed by atoms with Gasteiger partial charge in [0.2, 0.25) is 0 Å². The normalized spacial score (nSPS) is 16.3. The van der Waals surface area contributed by atoms with Gasteiger partial charge in [-0.1, -0.05) is 60.7 Å². The maximum atomic E-state index is 5.97. The van der Waals surface area contributed by atoms with Crippen LogP contribution < -0.4 is 11.1 Å². The quantitative estimate of drug-likeness (QED) is 0.635. The molecule has 0 aromatic heterocycles. The number of benzene rings is 2. The van der Waals surface area contributed by atoms with Crippen LogP contribution in [0.2, 0.25) is 0 Å². The van der Waals surface area contributed by atoms with Crippen LogP contribution in [0.25, 0.3) is 0 Å². The first-order valence-electron chi connectivity index (χ1n) is 7.96. The van der Waals surface area contributed by atoms with E-state index >= 15 is 0 Å². The smallest absolute Gasteiger partial charge is 0.188 e. The summed E-state index contributed by atoms with van der Waals surface area (Å²) in [6, 6.07) is 21.7. The number of nitrogens with one attached hydrogen (secondary N) is 1. The summed E-state index contributed by atoms with van der Waals surface area (Å²) in [5.74, 6) is 0.930. The highest BCUT2D eigenvalue weighted by molar-refractivity contribution is 5.78. The van der Waals surface area contributed by atoms with Crippen LogP contribution >= 0.6 is 0 Å². The SMILES string of the molecule is NC(=NCC(Cc1ccccc1)c1ccccc1)NC1CC1. The molecule has 0 radical (unpaired) electrons. The third-order valence-corrected chi connectivity index (χ3v) is 4.01. The van der Waals surface area contributed by atoms with Gasteiger partial charge in [-0.2, -0.15) is 0 Å². The monoisotopic (exact) mass is 293 g/mol. The number of nitrogens with two attached hydrogens (primary N) is 1. The summed E-state index contributed by atoms with van der Waals surface area (Å²) in [5.41, 5.74) is 8.62. The number of hydrogen-bond acceptors (Lipinski definition) is 1. The molecule has 114 valence electrons. The van der Waals surface area contributed by atoms with Crippen molar-refractivity contribution >= 4 is 5.96 Å². The van der Waals surface area contributed by atoms with Crippen molar-refractivity contribution in [3.63, 3.8) is 0 Å². The van der Waals surface area contributed by atoms with E-state index in [1.807, 2.05) is 0 Å². The maximum absolute atomic E-state index is 5.97. The topological polar surface area (TPSA) is 50.4 Å². The van der Waals surface area contributed by atoms with E-state index in [1.165, 1.54) is 24.0 Å². The fraction of sp³-hybridized carbons (Fsp3) is 0.316. The van der Waals surface area contributed by atoms with Gasteiger partial charge in [0, 0.05) is 18.5 Å². The Kier molecular flexibility index (Phi) is 4.74. The summed E-state index contributed by atoms with van der Waals surface area (Å²) >= 11 is 0. The van der Waals surface area contributed by atoms with Gasteiger partial charge in [0.05, 0.1) is 0 Å². The van der Waals surface area contributed by atoms with E-state index < -0.39 is 0 Å². The Balaban J connectivity index is 1.71. The van der Waals surface area contributed by atoms with Gasteiger partial charge in [0.1, 0.15) is 0 Å². The molecule has 3 rings (SSSR count). The van der Waals surface area contributed by atoms with Crippen molar-refractivity contribution in [2.24, 2.45) is 10.7 Å². The molecule has 0 bridgehead atoms. The zero-order valence-corrected chi connectivity index (χ0v) is 12.8. The molecule has 1 saturated carbocycles. The Hall–Kier alpha value is -2.29. The zero-order chi connectivity index (χ0) is 15.2. The van der Waals surface area contributed by atoms with E-state index in [9.17, 15) is 0 Å². The second-order valence-electron chi connectivity index (χ2n) is 5.94. The molecular formula is C19H23N3. The highest BCUT2D eigenvalue weighted by atomic mass is 15.1. The number of guanidine groups is 1. The highest BCUT2D eigenvalue weighted by Crippen LogP contribution is 2.22. The standard InChI is InChI=1S/C19H23N3/c20-19(22-18-11-12-18)21-14-17(16-9-5-2-6-10-16)13-15-7-3-1-4-8-15/h1-10,17-18H,11-14H2,(H3,20,21,22). The van der Waals surface area contributed by atoms with Crippen LogP contribution in [0, 0.1) is 0 Å². The lowest BCUT2D eigenvalue weighted by molar-refractivity contribution is 0.690. The molecule has 3 nitrogen and oxygen atoms in total. The molecule has 0 aliphatic heterocycles. The Bertz CT molecular complexity index is 603. The molecule has 3 heteroatoms. The summed E-state index contributed by atoms with van der Waals surface area (Å²) in [6.45, 7) is 0.713. The van der Waals surface area contributed by atoms with Gasteiger partial charge in [-0.25, -0.2) is 0 Å². The van der Waals surface area contributed by atoms with Crippen LogP contribution in [-0.4, -0.2) is 18.5 Å². The molecule has 0 saturated heterocycles. The largest absolute Gasteiger partial charge is 0.370 e. The van der Waals surface area contributed by atoms with E-state index in [4.69, 9.17) is 5.73 Å². The molecule has 3 N–H and O–H groups in total.